The number of nitrogen functional groups attached to an aromatic ring is 1. The molecule has 0 fully saturated rings. The molecule has 0 amide bonds. The molecule has 1 aliphatic heterocycles. The second kappa shape index (κ2) is 4.16. The van der Waals surface area contributed by atoms with E-state index in [1.54, 1.807) is 0 Å². The smallest absolute Gasteiger partial charge is 0.131 e. The predicted octanol–water partition coefficient (Wildman–Crippen LogP) is 3.02. The number of imidazole rings is 1. The van der Waals surface area contributed by atoms with Gasteiger partial charge in [0.15, 0.2) is 0 Å². The molecule has 3 rings (SSSR count). The van der Waals surface area contributed by atoms with Crippen molar-refractivity contribution in [1.82, 2.24) is 9.55 Å². The van der Waals surface area contributed by atoms with E-state index in [9.17, 15) is 0 Å². The maximum atomic E-state index is 6.24. The summed E-state index contributed by atoms with van der Waals surface area (Å²) in [5.74, 6) is 2.67. The van der Waals surface area contributed by atoms with Gasteiger partial charge in [0.25, 0.3) is 0 Å². The highest BCUT2D eigenvalue weighted by atomic mass is 15.1. The molecule has 18 heavy (non-hydrogen) atoms. The zero-order chi connectivity index (χ0) is 12.7. The molecular weight excluding hydrogens is 222 g/mol. The molecular formula is C15H19N3. The average molecular weight is 241 g/mol. The van der Waals surface area contributed by atoms with Gasteiger partial charge in [-0.2, -0.15) is 0 Å². The van der Waals surface area contributed by atoms with Crippen LogP contribution in [0.2, 0.25) is 0 Å². The first-order chi connectivity index (χ1) is 8.65. The molecule has 1 aliphatic rings. The molecule has 1 aromatic carbocycles. The van der Waals surface area contributed by atoms with Gasteiger partial charge in [-0.05, 0) is 19.3 Å². The molecule has 0 bridgehead atoms. The molecule has 2 heterocycles. The number of hydrogen-bond acceptors (Lipinski definition) is 2. The summed E-state index contributed by atoms with van der Waals surface area (Å²) in [5, 5.41) is 0. The van der Waals surface area contributed by atoms with Gasteiger partial charge < -0.3 is 10.3 Å². The van der Waals surface area contributed by atoms with E-state index in [0.29, 0.717) is 5.92 Å². The van der Waals surface area contributed by atoms with E-state index in [4.69, 9.17) is 10.7 Å². The SMILES string of the molecule is Cc1ccc(-c2nc3n(c2N)CCC(C)C3)cc1. The number of aromatic nitrogens is 2. The van der Waals surface area contributed by atoms with Crippen LogP contribution in [0.3, 0.4) is 0 Å². The van der Waals surface area contributed by atoms with Gasteiger partial charge in [0.05, 0.1) is 0 Å². The molecule has 0 aliphatic carbocycles. The van der Waals surface area contributed by atoms with E-state index >= 15 is 0 Å². The minimum absolute atomic E-state index is 0.713. The van der Waals surface area contributed by atoms with Crippen LogP contribution in [-0.4, -0.2) is 9.55 Å². The monoisotopic (exact) mass is 241 g/mol. The number of anilines is 1. The molecule has 1 atom stereocenters. The molecule has 0 spiro atoms. The largest absolute Gasteiger partial charge is 0.383 e. The van der Waals surface area contributed by atoms with Crippen LogP contribution in [0.4, 0.5) is 5.82 Å². The molecule has 0 saturated heterocycles. The summed E-state index contributed by atoms with van der Waals surface area (Å²) in [6, 6.07) is 8.42. The van der Waals surface area contributed by atoms with E-state index < -0.39 is 0 Å². The molecule has 1 unspecified atom stereocenters. The number of nitrogens with zero attached hydrogens (tertiary/aromatic N) is 2. The Labute approximate surface area is 108 Å². The Bertz CT molecular complexity index is 566. The van der Waals surface area contributed by atoms with E-state index in [0.717, 1.165) is 35.9 Å². The van der Waals surface area contributed by atoms with Crippen molar-refractivity contribution >= 4 is 5.82 Å². The molecule has 1 aromatic heterocycles. The van der Waals surface area contributed by atoms with Gasteiger partial charge in [-0.1, -0.05) is 36.8 Å². The maximum Gasteiger partial charge on any atom is 0.131 e. The Balaban J connectivity index is 2.06. The zero-order valence-corrected chi connectivity index (χ0v) is 11.0. The van der Waals surface area contributed by atoms with Crippen molar-refractivity contribution in [3.8, 4) is 11.3 Å². The van der Waals surface area contributed by atoms with Crippen LogP contribution < -0.4 is 5.73 Å². The first-order valence-corrected chi connectivity index (χ1v) is 6.57. The van der Waals surface area contributed by atoms with E-state index in [1.807, 2.05) is 0 Å². The number of rotatable bonds is 1. The van der Waals surface area contributed by atoms with Crippen LogP contribution in [0, 0.1) is 12.8 Å². The third-order valence-electron chi connectivity index (χ3n) is 3.79. The zero-order valence-electron chi connectivity index (χ0n) is 11.0. The van der Waals surface area contributed by atoms with Gasteiger partial charge in [-0.25, -0.2) is 4.98 Å². The van der Waals surface area contributed by atoms with Crippen LogP contribution in [0.15, 0.2) is 24.3 Å². The Hall–Kier alpha value is -1.77. The van der Waals surface area contributed by atoms with Gasteiger partial charge in [-0.15, -0.1) is 0 Å². The lowest BCUT2D eigenvalue weighted by molar-refractivity contribution is 0.412. The fourth-order valence-electron chi connectivity index (χ4n) is 2.61. The van der Waals surface area contributed by atoms with Crippen molar-refractivity contribution in [3.63, 3.8) is 0 Å². The summed E-state index contributed by atoms with van der Waals surface area (Å²) in [5.41, 5.74) is 9.56. The van der Waals surface area contributed by atoms with Crippen LogP contribution in [0.25, 0.3) is 11.3 Å². The quantitative estimate of drug-likeness (QED) is 0.834. The third kappa shape index (κ3) is 1.80. The number of hydrogen-bond donors (Lipinski definition) is 1. The lowest BCUT2D eigenvalue weighted by Gasteiger charge is -2.20. The van der Waals surface area contributed by atoms with Crippen LogP contribution in [-0.2, 0) is 13.0 Å². The predicted molar refractivity (Wildman–Crippen MR) is 74.3 cm³/mol. The van der Waals surface area contributed by atoms with Crippen molar-refractivity contribution in [3.05, 3.63) is 35.7 Å². The summed E-state index contributed by atoms with van der Waals surface area (Å²) in [6.07, 6.45) is 2.23. The first-order valence-electron chi connectivity index (χ1n) is 6.57. The molecule has 2 N–H and O–H groups in total. The molecule has 3 heteroatoms. The van der Waals surface area contributed by atoms with Gasteiger partial charge >= 0.3 is 0 Å². The standard InChI is InChI=1S/C15H19N3/c1-10-3-5-12(6-4-10)14-15(16)18-8-7-11(2)9-13(18)17-14/h3-6,11H,7-9,16H2,1-2H3. The van der Waals surface area contributed by atoms with E-state index in [1.165, 1.54) is 12.0 Å². The topological polar surface area (TPSA) is 43.8 Å². The van der Waals surface area contributed by atoms with Gasteiger partial charge in [0.2, 0.25) is 0 Å². The van der Waals surface area contributed by atoms with E-state index in [2.05, 4.69) is 42.7 Å². The minimum Gasteiger partial charge on any atom is -0.383 e. The fraction of sp³-hybridized carbons (Fsp3) is 0.400. The Morgan fingerprint density at radius 3 is 2.72 bits per heavy atom. The second-order valence-electron chi connectivity index (χ2n) is 5.38. The molecule has 0 radical (unpaired) electrons. The Kier molecular flexibility index (Phi) is 2.62. The average Bonchev–Trinajstić information content (AvgIpc) is 2.67. The summed E-state index contributed by atoms with van der Waals surface area (Å²) in [7, 11) is 0. The van der Waals surface area contributed by atoms with Crippen molar-refractivity contribution in [2.75, 3.05) is 5.73 Å². The Morgan fingerprint density at radius 2 is 2.00 bits per heavy atom. The summed E-state index contributed by atoms with van der Waals surface area (Å²) >= 11 is 0. The summed E-state index contributed by atoms with van der Waals surface area (Å²) in [6.45, 7) is 5.37. The Morgan fingerprint density at radius 1 is 1.28 bits per heavy atom. The fourth-order valence-corrected chi connectivity index (χ4v) is 2.61. The summed E-state index contributed by atoms with van der Waals surface area (Å²) in [4.78, 5) is 4.74. The van der Waals surface area contributed by atoms with Crippen LogP contribution in [0.5, 0.6) is 0 Å². The van der Waals surface area contributed by atoms with Crippen molar-refractivity contribution in [2.45, 2.75) is 33.2 Å². The number of nitrogens with two attached hydrogens (primary N) is 1. The number of benzene rings is 1. The van der Waals surface area contributed by atoms with Gasteiger partial charge in [0, 0.05) is 18.5 Å². The van der Waals surface area contributed by atoms with E-state index in [-0.39, 0.29) is 0 Å². The highest BCUT2D eigenvalue weighted by molar-refractivity contribution is 5.71. The molecule has 3 nitrogen and oxygen atoms in total. The third-order valence-corrected chi connectivity index (χ3v) is 3.79. The highest BCUT2D eigenvalue weighted by Crippen LogP contribution is 2.30. The minimum atomic E-state index is 0.713. The van der Waals surface area contributed by atoms with Gasteiger partial charge in [0.1, 0.15) is 17.3 Å². The molecule has 94 valence electrons. The highest BCUT2D eigenvalue weighted by Gasteiger charge is 2.21. The first kappa shape index (κ1) is 11.3. The summed E-state index contributed by atoms with van der Waals surface area (Å²) < 4.78 is 2.18. The van der Waals surface area contributed by atoms with Crippen LogP contribution in [0.1, 0.15) is 24.7 Å². The van der Waals surface area contributed by atoms with Crippen molar-refractivity contribution in [1.29, 1.82) is 0 Å². The van der Waals surface area contributed by atoms with Crippen molar-refractivity contribution in [2.24, 2.45) is 5.92 Å². The normalized spacial score (nSPS) is 18.7. The van der Waals surface area contributed by atoms with Crippen molar-refractivity contribution < 1.29 is 0 Å². The molecule has 2 aromatic rings. The maximum absolute atomic E-state index is 6.24. The lowest BCUT2D eigenvalue weighted by atomic mass is 10.0. The second-order valence-corrected chi connectivity index (χ2v) is 5.38. The molecule has 0 saturated carbocycles. The number of fused-ring (bicyclic) bond motifs is 1. The number of aryl methyl sites for hydroxylation is 1. The lowest BCUT2D eigenvalue weighted by Crippen LogP contribution is -2.18. The van der Waals surface area contributed by atoms with Gasteiger partial charge in [-0.3, -0.25) is 0 Å². The van der Waals surface area contributed by atoms with Crippen LogP contribution >= 0.6 is 0 Å².